The van der Waals surface area contributed by atoms with Gasteiger partial charge in [-0.05, 0) is 38.1 Å². The molecule has 0 saturated carbocycles. The molecule has 26 heavy (non-hydrogen) atoms. The minimum absolute atomic E-state index is 0.110. The van der Waals surface area contributed by atoms with Gasteiger partial charge in [-0.2, -0.15) is 0 Å². The zero-order chi connectivity index (χ0) is 20.0. The molecule has 0 aliphatic rings. The summed E-state index contributed by atoms with van der Waals surface area (Å²) >= 11 is 0. The third kappa shape index (κ3) is 4.35. The zero-order valence-corrected chi connectivity index (χ0v) is 15.1. The van der Waals surface area contributed by atoms with Crippen LogP contribution in [0.25, 0.3) is 0 Å². The van der Waals surface area contributed by atoms with Crippen molar-refractivity contribution in [2.24, 2.45) is 5.73 Å². The molecule has 0 aliphatic carbocycles. The summed E-state index contributed by atoms with van der Waals surface area (Å²) in [4.78, 5) is 21.5. The SMILES string of the molecule is COc1ccc(C(=O)O)c(N)c1C.COc1ccc(C(N)=O)c(N)c1C. The number of hydrogen-bond donors (Lipinski definition) is 4. The van der Waals surface area contributed by atoms with Crippen molar-refractivity contribution in [1.29, 1.82) is 0 Å². The highest BCUT2D eigenvalue weighted by molar-refractivity contribution is 5.99. The number of carbonyl (C=O) groups is 2. The molecule has 8 heteroatoms. The first-order valence-corrected chi connectivity index (χ1v) is 7.54. The lowest BCUT2D eigenvalue weighted by Crippen LogP contribution is -2.14. The first-order chi connectivity index (χ1) is 12.1. The zero-order valence-electron chi connectivity index (χ0n) is 15.1. The fraction of sp³-hybridized carbons (Fsp3) is 0.222. The molecule has 2 aromatic carbocycles. The van der Waals surface area contributed by atoms with Crippen LogP contribution in [0.2, 0.25) is 0 Å². The summed E-state index contributed by atoms with van der Waals surface area (Å²) in [6.45, 7) is 3.50. The van der Waals surface area contributed by atoms with Gasteiger partial charge in [-0.1, -0.05) is 0 Å². The number of carbonyl (C=O) groups excluding carboxylic acids is 1. The second kappa shape index (κ2) is 8.61. The van der Waals surface area contributed by atoms with Crippen molar-refractivity contribution >= 4 is 23.3 Å². The Kier molecular flexibility index (Phi) is 6.83. The van der Waals surface area contributed by atoms with E-state index in [4.69, 9.17) is 31.8 Å². The van der Waals surface area contributed by atoms with Gasteiger partial charge in [-0.15, -0.1) is 0 Å². The summed E-state index contributed by atoms with van der Waals surface area (Å²) in [5, 5.41) is 8.73. The smallest absolute Gasteiger partial charge is 0.337 e. The van der Waals surface area contributed by atoms with Crippen molar-refractivity contribution in [2.45, 2.75) is 13.8 Å². The first-order valence-electron chi connectivity index (χ1n) is 7.54. The van der Waals surface area contributed by atoms with E-state index in [0.717, 1.165) is 5.56 Å². The molecule has 7 N–H and O–H groups in total. The fourth-order valence-corrected chi connectivity index (χ4v) is 2.26. The van der Waals surface area contributed by atoms with Crippen LogP contribution in [-0.2, 0) is 0 Å². The van der Waals surface area contributed by atoms with Crippen LogP contribution in [-0.4, -0.2) is 31.2 Å². The van der Waals surface area contributed by atoms with Crippen LogP contribution in [0.4, 0.5) is 11.4 Å². The predicted molar refractivity (Wildman–Crippen MR) is 99.8 cm³/mol. The van der Waals surface area contributed by atoms with Crippen LogP contribution in [0.5, 0.6) is 11.5 Å². The summed E-state index contributed by atoms with van der Waals surface area (Å²) in [5.74, 6) is -0.295. The predicted octanol–water partition coefficient (Wildman–Crippen LogP) is 1.97. The number of carboxylic acids is 1. The lowest BCUT2D eigenvalue weighted by molar-refractivity contribution is 0.0697. The number of carboxylic acid groups (broad SMARTS) is 1. The van der Waals surface area contributed by atoms with Gasteiger partial charge in [0, 0.05) is 11.1 Å². The molecule has 8 nitrogen and oxygen atoms in total. The normalized spacial score (nSPS) is 9.69. The number of methoxy groups -OCH3 is 2. The fourth-order valence-electron chi connectivity index (χ4n) is 2.26. The van der Waals surface area contributed by atoms with E-state index in [-0.39, 0.29) is 11.3 Å². The van der Waals surface area contributed by atoms with Crippen LogP contribution < -0.4 is 26.7 Å². The number of amides is 1. The van der Waals surface area contributed by atoms with E-state index in [1.165, 1.54) is 13.2 Å². The highest BCUT2D eigenvalue weighted by Gasteiger charge is 2.12. The maximum Gasteiger partial charge on any atom is 0.337 e. The Balaban J connectivity index is 0.000000260. The van der Waals surface area contributed by atoms with Gasteiger partial charge in [0.2, 0.25) is 0 Å². The number of nitrogens with two attached hydrogens (primary N) is 3. The molecule has 0 radical (unpaired) electrons. The summed E-state index contributed by atoms with van der Waals surface area (Å²) in [6.07, 6.45) is 0. The number of hydrogen-bond acceptors (Lipinski definition) is 6. The third-order valence-corrected chi connectivity index (χ3v) is 3.87. The number of rotatable bonds is 4. The molecule has 0 heterocycles. The second-order valence-corrected chi connectivity index (χ2v) is 5.38. The van der Waals surface area contributed by atoms with Gasteiger partial charge >= 0.3 is 5.97 Å². The Hall–Kier alpha value is -3.42. The quantitative estimate of drug-likeness (QED) is 0.608. The first kappa shape index (κ1) is 20.6. The van der Waals surface area contributed by atoms with Gasteiger partial charge in [0.05, 0.1) is 36.7 Å². The van der Waals surface area contributed by atoms with Crippen LogP contribution >= 0.6 is 0 Å². The van der Waals surface area contributed by atoms with E-state index in [9.17, 15) is 9.59 Å². The molecular formula is C18H23N3O5. The average Bonchev–Trinajstić information content (AvgIpc) is 2.59. The van der Waals surface area contributed by atoms with E-state index in [0.29, 0.717) is 28.3 Å². The van der Waals surface area contributed by atoms with Gasteiger partial charge in [-0.25, -0.2) is 4.79 Å². The Morgan fingerprint density at radius 1 is 0.846 bits per heavy atom. The molecule has 0 atom stereocenters. The lowest BCUT2D eigenvalue weighted by Gasteiger charge is -2.09. The van der Waals surface area contributed by atoms with Crippen molar-refractivity contribution in [3.8, 4) is 11.5 Å². The molecule has 0 aliphatic heterocycles. The molecule has 140 valence electrons. The Morgan fingerprint density at radius 3 is 1.58 bits per heavy atom. The Bertz CT molecular complexity index is 765. The van der Waals surface area contributed by atoms with E-state index in [1.807, 2.05) is 0 Å². The summed E-state index contributed by atoms with van der Waals surface area (Å²) in [7, 11) is 3.06. The molecule has 0 spiro atoms. The Labute approximate surface area is 151 Å². The number of ether oxygens (including phenoxy) is 2. The van der Waals surface area contributed by atoms with E-state index in [1.54, 1.807) is 39.2 Å². The maximum absolute atomic E-state index is 10.9. The van der Waals surface area contributed by atoms with Crippen LogP contribution in [0, 0.1) is 13.8 Å². The van der Waals surface area contributed by atoms with Crippen molar-refractivity contribution in [2.75, 3.05) is 25.7 Å². The van der Waals surface area contributed by atoms with E-state index >= 15 is 0 Å². The third-order valence-electron chi connectivity index (χ3n) is 3.87. The summed E-state index contributed by atoms with van der Waals surface area (Å²) < 4.78 is 10.0. The van der Waals surface area contributed by atoms with Crippen molar-refractivity contribution in [3.63, 3.8) is 0 Å². The second-order valence-electron chi connectivity index (χ2n) is 5.38. The standard InChI is InChI=1S/C9H12N2O2.C9H11NO3/c2*1-5-7(13-2)4-3-6(8(5)10)9(11)12/h3-4H,10H2,1-2H3,(H2,11,12);3-4H,10H2,1-2H3,(H,11,12). The number of aromatic carboxylic acids is 1. The van der Waals surface area contributed by atoms with Crippen LogP contribution in [0.1, 0.15) is 31.8 Å². The van der Waals surface area contributed by atoms with Crippen molar-refractivity contribution in [3.05, 3.63) is 46.5 Å². The van der Waals surface area contributed by atoms with Crippen LogP contribution in [0.15, 0.2) is 24.3 Å². The van der Waals surface area contributed by atoms with Crippen LogP contribution in [0.3, 0.4) is 0 Å². The number of anilines is 2. The largest absolute Gasteiger partial charge is 0.496 e. The minimum Gasteiger partial charge on any atom is -0.496 e. The topological polar surface area (TPSA) is 151 Å². The molecule has 1 amide bonds. The molecule has 0 bridgehead atoms. The molecule has 2 aromatic rings. The van der Waals surface area contributed by atoms with Gasteiger partial charge in [0.25, 0.3) is 5.91 Å². The van der Waals surface area contributed by atoms with E-state index in [2.05, 4.69) is 0 Å². The average molecular weight is 361 g/mol. The van der Waals surface area contributed by atoms with Gasteiger partial charge < -0.3 is 31.8 Å². The molecule has 0 unspecified atom stereocenters. The maximum atomic E-state index is 10.9. The Morgan fingerprint density at radius 2 is 1.23 bits per heavy atom. The van der Waals surface area contributed by atoms with E-state index < -0.39 is 11.9 Å². The number of nitrogen functional groups attached to an aromatic ring is 2. The lowest BCUT2D eigenvalue weighted by atomic mass is 10.1. The number of benzene rings is 2. The number of primary amides is 1. The van der Waals surface area contributed by atoms with Gasteiger partial charge in [0.1, 0.15) is 11.5 Å². The highest BCUT2D eigenvalue weighted by atomic mass is 16.5. The summed E-state index contributed by atoms with van der Waals surface area (Å²) in [6, 6.07) is 6.26. The molecule has 0 fully saturated rings. The van der Waals surface area contributed by atoms with Crippen molar-refractivity contribution in [1.82, 2.24) is 0 Å². The van der Waals surface area contributed by atoms with Crippen molar-refractivity contribution < 1.29 is 24.2 Å². The molecule has 0 aromatic heterocycles. The van der Waals surface area contributed by atoms with Gasteiger partial charge in [0.15, 0.2) is 0 Å². The minimum atomic E-state index is -1.02. The summed E-state index contributed by atoms with van der Waals surface area (Å²) in [5.41, 5.74) is 18.9. The molecular weight excluding hydrogens is 338 g/mol. The van der Waals surface area contributed by atoms with Gasteiger partial charge in [-0.3, -0.25) is 4.79 Å². The molecule has 2 rings (SSSR count). The monoisotopic (exact) mass is 361 g/mol. The molecule has 0 saturated heterocycles. The highest BCUT2D eigenvalue weighted by Crippen LogP contribution is 2.27.